The summed E-state index contributed by atoms with van der Waals surface area (Å²) in [5, 5.41) is 3.17. The summed E-state index contributed by atoms with van der Waals surface area (Å²) in [5.41, 5.74) is 0.765. The minimum absolute atomic E-state index is 0.153. The largest absolute Gasteiger partial charge is 0.405 e. The van der Waals surface area contributed by atoms with E-state index in [-0.39, 0.29) is 29.8 Å². The van der Waals surface area contributed by atoms with E-state index in [1.165, 1.54) is 10.4 Å². The molecule has 10 heteroatoms. The standard InChI is InChI=1S/C34H45N5O4Si/c1-8-40-25(2)42-29-21-31(39-20-19-28-32(37-24-38(6)7)35-23-36-33(28)39)43-30(29)22-41-44(34(3,4)5,26-15-11-9-12-16-26)27-17-13-10-14-18-27/h9-20,23-25,29-31H,8,21-22H2,1-7H3/b37-24+/t25?,29-,30-,31-/m1/s1. The number of nitrogens with zero attached hydrogens (tertiary/aromatic N) is 5. The van der Waals surface area contributed by atoms with Gasteiger partial charge in [-0.05, 0) is 35.3 Å². The van der Waals surface area contributed by atoms with Crippen molar-refractivity contribution in [2.24, 2.45) is 4.99 Å². The second-order valence-electron chi connectivity index (χ2n) is 12.4. The molecule has 44 heavy (non-hydrogen) atoms. The Bertz CT molecular complexity index is 1480. The van der Waals surface area contributed by atoms with Crippen molar-refractivity contribution in [3.63, 3.8) is 0 Å². The lowest BCUT2D eigenvalue weighted by molar-refractivity contribution is -0.172. The summed E-state index contributed by atoms with van der Waals surface area (Å²) < 4.78 is 28.4. The molecule has 1 unspecified atom stereocenters. The molecule has 1 aliphatic heterocycles. The number of hydrogen-bond acceptors (Lipinski definition) is 7. The maximum Gasteiger partial charge on any atom is 0.261 e. The van der Waals surface area contributed by atoms with Crippen molar-refractivity contribution in [3.05, 3.63) is 79.3 Å². The van der Waals surface area contributed by atoms with Crippen LogP contribution in [-0.2, 0) is 18.6 Å². The molecule has 0 spiro atoms. The van der Waals surface area contributed by atoms with Crippen molar-refractivity contribution in [3.8, 4) is 0 Å². The van der Waals surface area contributed by atoms with Crippen molar-refractivity contribution in [1.29, 1.82) is 0 Å². The van der Waals surface area contributed by atoms with Crippen LogP contribution in [0.2, 0.25) is 5.04 Å². The van der Waals surface area contributed by atoms with Crippen LogP contribution >= 0.6 is 0 Å². The summed E-state index contributed by atoms with van der Waals surface area (Å²) in [7, 11) is 1.08. The van der Waals surface area contributed by atoms with Gasteiger partial charge in [0.15, 0.2) is 12.1 Å². The fraction of sp³-hybridized carbons (Fsp3) is 0.441. The van der Waals surface area contributed by atoms with E-state index in [9.17, 15) is 0 Å². The molecule has 4 aromatic rings. The summed E-state index contributed by atoms with van der Waals surface area (Å²) >= 11 is 0. The zero-order valence-corrected chi connectivity index (χ0v) is 27.9. The molecule has 0 bridgehead atoms. The highest BCUT2D eigenvalue weighted by Crippen LogP contribution is 2.39. The van der Waals surface area contributed by atoms with Gasteiger partial charge in [-0.3, -0.25) is 0 Å². The fourth-order valence-electron chi connectivity index (χ4n) is 6.12. The lowest BCUT2D eigenvalue weighted by Crippen LogP contribution is -2.67. The van der Waals surface area contributed by atoms with Crippen LogP contribution in [0.5, 0.6) is 0 Å². The van der Waals surface area contributed by atoms with Crippen LogP contribution in [0.1, 0.15) is 47.3 Å². The van der Waals surface area contributed by atoms with E-state index in [0.29, 0.717) is 25.5 Å². The summed E-state index contributed by atoms with van der Waals surface area (Å²) in [6.45, 7) is 11.7. The van der Waals surface area contributed by atoms with Gasteiger partial charge in [-0.2, -0.15) is 0 Å². The average molecular weight is 616 g/mol. The molecule has 2 aromatic heterocycles. The summed E-state index contributed by atoms with van der Waals surface area (Å²) in [4.78, 5) is 15.4. The maximum absolute atomic E-state index is 7.28. The lowest BCUT2D eigenvalue weighted by Gasteiger charge is -2.43. The molecule has 0 amide bonds. The molecule has 1 saturated heterocycles. The van der Waals surface area contributed by atoms with Crippen molar-refractivity contribution in [2.75, 3.05) is 27.3 Å². The van der Waals surface area contributed by atoms with Gasteiger partial charge in [-0.15, -0.1) is 0 Å². The van der Waals surface area contributed by atoms with Crippen LogP contribution in [-0.4, -0.2) is 79.9 Å². The van der Waals surface area contributed by atoms with Gasteiger partial charge in [-0.25, -0.2) is 15.0 Å². The first-order valence-electron chi connectivity index (χ1n) is 15.3. The highest BCUT2D eigenvalue weighted by molar-refractivity contribution is 6.99. The summed E-state index contributed by atoms with van der Waals surface area (Å²) in [5.74, 6) is 0.616. The van der Waals surface area contributed by atoms with Gasteiger partial charge in [0.1, 0.15) is 24.3 Å². The highest BCUT2D eigenvalue weighted by atomic mass is 28.4. The fourth-order valence-corrected chi connectivity index (χ4v) is 10.7. The van der Waals surface area contributed by atoms with Crippen LogP contribution in [0, 0.1) is 0 Å². The number of hydrogen-bond donors (Lipinski definition) is 0. The molecule has 0 aliphatic carbocycles. The quantitative estimate of drug-likeness (QED) is 0.0928. The second kappa shape index (κ2) is 13.7. The Hall–Kier alpha value is -3.41. The molecule has 3 heterocycles. The van der Waals surface area contributed by atoms with Crippen molar-refractivity contribution in [1.82, 2.24) is 19.4 Å². The summed E-state index contributed by atoms with van der Waals surface area (Å²) in [6, 6.07) is 23.3. The number of rotatable bonds is 12. The Kier molecular flexibility index (Phi) is 9.96. The minimum Gasteiger partial charge on any atom is -0.405 e. The first kappa shape index (κ1) is 32.0. The topological polar surface area (TPSA) is 83.2 Å². The van der Waals surface area contributed by atoms with Gasteiger partial charge in [0.25, 0.3) is 8.32 Å². The van der Waals surface area contributed by atoms with E-state index in [1.807, 2.05) is 45.1 Å². The van der Waals surface area contributed by atoms with E-state index in [2.05, 4.69) is 101 Å². The zero-order chi connectivity index (χ0) is 31.3. The maximum atomic E-state index is 7.28. The predicted octanol–water partition coefficient (Wildman–Crippen LogP) is 5.28. The van der Waals surface area contributed by atoms with Gasteiger partial charge in [0, 0.05) is 33.3 Å². The Labute approximate surface area is 262 Å². The van der Waals surface area contributed by atoms with Gasteiger partial charge >= 0.3 is 0 Å². The Balaban J connectivity index is 1.48. The van der Waals surface area contributed by atoms with E-state index in [0.717, 1.165) is 11.0 Å². The van der Waals surface area contributed by atoms with Gasteiger partial charge in [0.05, 0.1) is 24.4 Å². The highest BCUT2D eigenvalue weighted by Gasteiger charge is 2.51. The number of aromatic nitrogens is 3. The third kappa shape index (κ3) is 6.64. The first-order valence-corrected chi connectivity index (χ1v) is 17.2. The molecule has 9 nitrogen and oxygen atoms in total. The molecular formula is C34H45N5O4Si. The molecule has 4 atom stereocenters. The minimum atomic E-state index is -2.77. The Morgan fingerprint density at radius 2 is 1.70 bits per heavy atom. The zero-order valence-electron chi connectivity index (χ0n) is 26.9. The molecule has 0 saturated carbocycles. The number of benzene rings is 2. The molecular weight excluding hydrogens is 570 g/mol. The average Bonchev–Trinajstić information content (AvgIpc) is 3.61. The third-order valence-electron chi connectivity index (χ3n) is 8.04. The number of fused-ring (bicyclic) bond motifs is 1. The molecule has 0 radical (unpaired) electrons. The van der Waals surface area contributed by atoms with Crippen molar-refractivity contribution >= 4 is 41.9 Å². The van der Waals surface area contributed by atoms with Crippen molar-refractivity contribution in [2.45, 2.75) is 70.8 Å². The predicted molar refractivity (Wildman–Crippen MR) is 177 cm³/mol. The third-order valence-corrected chi connectivity index (χ3v) is 13.0. The summed E-state index contributed by atoms with van der Waals surface area (Å²) in [6.07, 6.45) is 4.65. The molecule has 1 aliphatic rings. The van der Waals surface area contributed by atoms with Crippen LogP contribution in [0.4, 0.5) is 5.82 Å². The number of aliphatic imine (C=N–C) groups is 1. The van der Waals surface area contributed by atoms with E-state index in [4.69, 9.17) is 18.6 Å². The van der Waals surface area contributed by atoms with E-state index in [1.54, 1.807) is 12.7 Å². The monoisotopic (exact) mass is 615 g/mol. The van der Waals surface area contributed by atoms with Crippen molar-refractivity contribution < 1.29 is 18.6 Å². The first-order chi connectivity index (χ1) is 21.1. The molecule has 0 N–H and O–H groups in total. The normalized spacial score (nSPS) is 20.0. The molecule has 5 rings (SSSR count). The van der Waals surface area contributed by atoms with Gasteiger partial charge < -0.3 is 28.1 Å². The smallest absolute Gasteiger partial charge is 0.261 e. The molecule has 2 aromatic carbocycles. The Morgan fingerprint density at radius 1 is 1.05 bits per heavy atom. The number of ether oxygens (including phenoxy) is 3. The Morgan fingerprint density at radius 3 is 2.30 bits per heavy atom. The van der Waals surface area contributed by atoms with Crippen LogP contribution in [0.25, 0.3) is 11.0 Å². The van der Waals surface area contributed by atoms with Gasteiger partial charge in [0.2, 0.25) is 0 Å². The lowest BCUT2D eigenvalue weighted by atomic mass is 10.2. The SMILES string of the molecule is CCOC(C)O[C@@H]1C[C@H](n2ccc3c(/N=C/N(C)C)ncnc32)O[C@@H]1CO[Si](c1ccccc1)(c1ccccc1)C(C)(C)C. The van der Waals surface area contributed by atoms with Gasteiger partial charge in [-0.1, -0.05) is 81.4 Å². The van der Waals surface area contributed by atoms with Crippen LogP contribution in [0.3, 0.4) is 0 Å². The molecule has 1 fully saturated rings. The van der Waals surface area contributed by atoms with Crippen LogP contribution in [0.15, 0.2) is 84.2 Å². The second-order valence-corrected chi connectivity index (χ2v) is 16.7. The van der Waals surface area contributed by atoms with E-state index >= 15 is 0 Å². The molecule has 234 valence electrons. The van der Waals surface area contributed by atoms with Crippen LogP contribution < -0.4 is 10.4 Å². The van der Waals surface area contributed by atoms with E-state index < -0.39 is 8.32 Å².